The Bertz CT molecular complexity index is 1160. The minimum absolute atomic E-state index is 0.0327. The molecule has 1 heterocycles. The van der Waals surface area contributed by atoms with Crippen molar-refractivity contribution in [2.24, 2.45) is 0 Å². The van der Waals surface area contributed by atoms with Gasteiger partial charge in [0, 0.05) is 11.6 Å². The third kappa shape index (κ3) is 4.47. The number of nitrogens with zero attached hydrogens (tertiary/aromatic N) is 2. The van der Waals surface area contributed by atoms with Crippen LogP contribution in [0.1, 0.15) is 5.56 Å². The van der Waals surface area contributed by atoms with Crippen molar-refractivity contribution in [3.63, 3.8) is 0 Å². The van der Waals surface area contributed by atoms with Gasteiger partial charge in [-0.15, -0.1) is 0 Å². The number of pyridine rings is 1. The number of anilines is 1. The van der Waals surface area contributed by atoms with Gasteiger partial charge in [-0.3, -0.25) is 0 Å². The summed E-state index contributed by atoms with van der Waals surface area (Å²) in [6.07, 6.45) is 0.904. The average Bonchev–Trinajstić information content (AvgIpc) is 2.74. The number of rotatable bonds is 7. The van der Waals surface area contributed by atoms with E-state index >= 15 is 0 Å². The number of sulfonamides is 1. The number of methoxy groups -OCH3 is 2. The first-order chi connectivity index (χ1) is 14.3. The molecule has 1 aromatic heterocycles. The molecular weight excluding hydrogens is 438 g/mol. The van der Waals surface area contributed by atoms with Gasteiger partial charge in [0.15, 0.2) is 0 Å². The quantitative estimate of drug-likeness (QED) is 0.528. The largest absolute Gasteiger partial charge is 0.497 e. The number of hydrogen-bond acceptors (Lipinski definition) is 5. The van der Waals surface area contributed by atoms with E-state index in [9.17, 15) is 17.2 Å². The first kappa shape index (κ1) is 21.8. The minimum Gasteiger partial charge on any atom is -0.497 e. The van der Waals surface area contributed by atoms with Gasteiger partial charge in [0.25, 0.3) is 10.0 Å². The summed E-state index contributed by atoms with van der Waals surface area (Å²) in [7, 11) is -1.31. The highest BCUT2D eigenvalue weighted by Gasteiger charge is 2.28. The smallest absolute Gasteiger partial charge is 0.265 e. The summed E-state index contributed by atoms with van der Waals surface area (Å²) in [4.78, 5) is 3.65. The SMILES string of the molecule is COc1ccc(CN(c2ccc(F)cn2)S(=O)(=O)c2ccc(F)c(Cl)c2)c(OC)c1. The summed E-state index contributed by atoms with van der Waals surface area (Å²) in [5.74, 6) is -0.499. The Labute approximate surface area is 177 Å². The van der Waals surface area contributed by atoms with E-state index in [4.69, 9.17) is 21.1 Å². The molecular formula is C20H17ClF2N2O4S. The molecule has 0 amide bonds. The molecule has 0 atom stereocenters. The fraction of sp³-hybridized carbons (Fsp3) is 0.150. The molecule has 0 saturated heterocycles. The highest BCUT2D eigenvalue weighted by molar-refractivity contribution is 7.92. The van der Waals surface area contributed by atoms with Gasteiger partial charge in [0.2, 0.25) is 0 Å². The maximum atomic E-state index is 13.5. The summed E-state index contributed by atoms with van der Waals surface area (Å²) in [5.41, 5.74) is 0.501. The van der Waals surface area contributed by atoms with Crippen molar-refractivity contribution in [2.45, 2.75) is 11.4 Å². The summed E-state index contributed by atoms with van der Waals surface area (Å²) in [6, 6.07) is 10.3. The van der Waals surface area contributed by atoms with Crippen LogP contribution in [0, 0.1) is 11.6 Å². The molecule has 3 rings (SSSR count). The third-order valence-corrected chi connectivity index (χ3v) is 6.29. The van der Waals surface area contributed by atoms with Crippen LogP contribution in [0.15, 0.2) is 59.6 Å². The molecule has 0 aliphatic carbocycles. The molecule has 0 saturated carbocycles. The Hall–Kier alpha value is -2.91. The molecule has 0 radical (unpaired) electrons. The summed E-state index contributed by atoms with van der Waals surface area (Å²) >= 11 is 5.78. The number of benzene rings is 2. The zero-order chi connectivity index (χ0) is 21.9. The van der Waals surface area contributed by atoms with Crippen molar-refractivity contribution in [3.8, 4) is 11.5 Å². The molecule has 0 spiro atoms. The highest BCUT2D eigenvalue weighted by atomic mass is 35.5. The molecule has 2 aromatic carbocycles. The second kappa shape index (κ2) is 8.85. The van der Waals surface area contributed by atoms with Crippen LogP contribution in [-0.4, -0.2) is 27.6 Å². The lowest BCUT2D eigenvalue weighted by Gasteiger charge is -2.24. The van der Waals surface area contributed by atoms with Gasteiger partial charge in [-0.25, -0.2) is 26.5 Å². The van der Waals surface area contributed by atoms with Gasteiger partial charge >= 0.3 is 0 Å². The fourth-order valence-corrected chi connectivity index (χ4v) is 4.38. The molecule has 0 N–H and O–H groups in total. The maximum absolute atomic E-state index is 13.5. The van der Waals surface area contributed by atoms with Crippen LogP contribution >= 0.6 is 11.6 Å². The Morgan fingerprint density at radius 1 is 1.03 bits per heavy atom. The zero-order valence-corrected chi connectivity index (χ0v) is 17.5. The van der Waals surface area contributed by atoms with Gasteiger partial charge in [0.1, 0.15) is 29.0 Å². The Morgan fingerprint density at radius 3 is 2.40 bits per heavy atom. The lowest BCUT2D eigenvalue weighted by Crippen LogP contribution is -2.31. The second-order valence-corrected chi connectivity index (χ2v) is 8.37. The van der Waals surface area contributed by atoms with Crippen molar-refractivity contribution in [1.29, 1.82) is 0 Å². The zero-order valence-electron chi connectivity index (χ0n) is 16.0. The van der Waals surface area contributed by atoms with E-state index in [2.05, 4.69) is 4.98 Å². The lowest BCUT2D eigenvalue weighted by molar-refractivity contribution is 0.391. The van der Waals surface area contributed by atoms with Crippen LogP contribution in [0.3, 0.4) is 0 Å². The fourth-order valence-electron chi connectivity index (χ4n) is 2.71. The molecule has 10 heteroatoms. The van der Waals surface area contributed by atoms with Crippen LogP contribution in [0.25, 0.3) is 0 Å². The van der Waals surface area contributed by atoms with E-state index in [1.165, 1.54) is 20.3 Å². The van der Waals surface area contributed by atoms with E-state index in [-0.39, 0.29) is 22.3 Å². The normalized spacial score (nSPS) is 11.2. The van der Waals surface area contributed by atoms with Crippen LogP contribution < -0.4 is 13.8 Å². The predicted molar refractivity (Wildman–Crippen MR) is 109 cm³/mol. The number of hydrogen-bond donors (Lipinski definition) is 0. The van der Waals surface area contributed by atoms with Gasteiger partial charge < -0.3 is 9.47 Å². The Morgan fingerprint density at radius 2 is 1.80 bits per heavy atom. The summed E-state index contributed by atoms with van der Waals surface area (Å²) in [5, 5.41) is -0.342. The van der Waals surface area contributed by atoms with E-state index in [1.807, 2.05) is 0 Å². The van der Waals surface area contributed by atoms with E-state index in [0.717, 1.165) is 34.8 Å². The average molecular weight is 455 g/mol. The van der Waals surface area contributed by atoms with Gasteiger partial charge in [0.05, 0.1) is 36.9 Å². The van der Waals surface area contributed by atoms with Crippen LogP contribution in [0.4, 0.5) is 14.6 Å². The van der Waals surface area contributed by atoms with E-state index < -0.39 is 21.7 Å². The van der Waals surface area contributed by atoms with E-state index in [1.54, 1.807) is 18.2 Å². The van der Waals surface area contributed by atoms with E-state index in [0.29, 0.717) is 17.1 Å². The Kier molecular flexibility index (Phi) is 6.42. The molecule has 3 aromatic rings. The maximum Gasteiger partial charge on any atom is 0.265 e. The lowest BCUT2D eigenvalue weighted by atomic mass is 10.2. The van der Waals surface area contributed by atoms with Gasteiger partial charge in [-0.2, -0.15) is 0 Å². The highest BCUT2D eigenvalue weighted by Crippen LogP contribution is 2.31. The first-order valence-corrected chi connectivity index (χ1v) is 10.4. The standard InChI is InChI=1S/C20H17ClF2N2O4S/c1-28-15-5-3-13(19(9-15)29-2)12-25(20-8-4-14(22)11-24-20)30(26,27)16-6-7-18(23)17(21)10-16/h3-11H,12H2,1-2H3. The summed E-state index contributed by atoms with van der Waals surface area (Å²) < 4.78 is 65.1. The molecule has 0 aliphatic rings. The van der Waals surface area contributed by atoms with Gasteiger partial charge in [-0.05, 0) is 42.5 Å². The monoisotopic (exact) mass is 454 g/mol. The van der Waals surface area contributed by atoms with Crippen molar-refractivity contribution < 1.29 is 26.7 Å². The van der Waals surface area contributed by atoms with Gasteiger partial charge in [-0.1, -0.05) is 11.6 Å². The number of ether oxygens (including phenoxy) is 2. The molecule has 158 valence electrons. The topological polar surface area (TPSA) is 68.7 Å². The predicted octanol–water partition coefficient (Wildman–Crippen LogP) is 4.43. The number of halogens is 3. The van der Waals surface area contributed by atoms with Crippen molar-refractivity contribution in [3.05, 3.63) is 76.9 Å². The van der Waals surface area contributed by atoms with Crippen LogP contribution in [-0.2, 0) is 16.6 Å². The van der Waals surface area contributed by atoms with Crippen molar-refractivity contribution >= 4 is 27.4 Å². The molecule has 0 bridgehead atoms. The number of aromatic nitrogens is 1. The second-order valence-electron chi connectivity index (χ2n) is 6.10. The Balaban J connectivity index is 2.12. The molecule has 0 aliphatic heterocycles. The van der Waals surface area contributed by atoms with Crippen molar-refractivity contribution in [1.82, 2.24) is 4.98 Å². The molecule has 0 fully saturated rings. The first-order valence-electron chi connectivity index (χ1n) is 8.56. The minimum atomic E-state index is -4.23. The van der Waals surface area contributed by atoms with Crippen LogP contribution in [0.5, 0.6) is 11.5 Å². The summed E-state index contributed by atoms with van der Waals surface area (Å²) in [6.45, 7) is -0.191. The molecule has 6 nitrogen and oxygen atoms in total. The third-order valence-electron chi connectivity index (χ3n) is 4.25. The molecule has 30 heavy (non-hydrogen) atoms. The van der Waals surface area contributed by atoms with Crippen LogP contribution in [0.2, 0.25) is 5.02 Å². The van der Waals surface area contributed by atoms with Crippen molar-refractivity contribution in [2.75, 3.05) is 18.5 Å². The molecule has 0 unspecified atom stereocenters.